The topological polar surface area (TPSA) is 114 Å². The first-order chi connectivity index (χ1) is 24.1. The summed E-state index contributed by atoms with van der Waals surface area (Å²) >= 11 is 1.22. The molecule has 0 amide bonds. The summed E-state index contributed by atoms with van der Waals surface area (Å²) in [6.45, 7) is 11.3. The molecule has 1 aliphatic rings. The molecule has 10 nitrogen and oxygen atoms in total. The zero-order chi connectivity index (χ0) is 35.5. The Labute approximate surface area is 292 Å². The molecule has 0 bridgehead atoms. The molecule has 50 heavy (non-hydrogen) atoms. The second-order valence-corrected chi connectivity index (χ2v) is 13.0. The smallest absolute Gasteiger partial charge is 0.338 e. The first-order valence-corrected chi connectivity index (χ1v) is 16.8. The number of hydrogen-bond acceptors (Lipinski definition) is 9. The molecule has 11 heteroatoms. The van der Waals surface area contributed by atoms with Crippen molar-refractivity contribution in [3.8, 4) is 22.7 Å². The Bertz CT molecular complexity index is 2310. The zero-order valence-electron chi connectivity index (χ0n) is 28.4. The van der Waals surface area contributed by atoms with Gasteiger partial charge in [0.05, 0.1) is 46.3 Å². The minimum atomic E-state index is -0.861. The second kappa shape index (κ2) is 14.4. The van der Waals surface area contributed by atoms with E-state index >= 15 is 0 Å². The molecule has 0 saturated carbocycles. The van der Waals surface area contributed by atoms with Crippen LogP contribution in [-0.4, -0.2) is 46.1 Å². The van der Waals surface area contributed by atoms with Gasteiger partial charge >= 0.3 is 11.9 Å². The van der Waals surface area contributed by atoms with E-state index < -0.39 is 18.0 Å². The fourth-order valence-electron chi connectivity index (χ4n) is 5.78. The highest BCUT2D eigenvalue weighted by Crippen LogP contribution is 2.32. The number of allylic oxidation sites excluding steroid dienone is 1. The number of carbonyl (C=O) groups excluding carboxylic acids is 2. The first kappa shape index (κ1) is 34.1. The highest BCUT2D eigenvalue weighted by Gasteiger charge is 2.33. The van der Waals surface area contributed by atoms with Crippen LogP contribution in [0.15, 0.2) is 113 Å². The lowest BCUT2D eigenvalue weighted by Gasteiger charge is -2.24. The van der Waals surface area contributed by atoms with Crippen LogP contribution < -0.4 is 19.6 Å². The molecule has 0 aliphatic carbocycles. The minimum absolute atomic E-state index is 0.00768. The van der Waals surface area contributed by atoms with Gasteiger partial charge in [-0.25, -0.2) is 19.3 Å². The number of para-hydroxylation sites is 1. The van der Waals surface area contributed by atoms with Crippen LogP contribution in [0.4, 0.5) is 0 Å². The van der Waals surface area contributed by atoms with Crippen molar-refractivity contribution >= 4 is 29.4 Å². The second-order valence-electron chi connectivity index (χ2n) is 11.9. The Morgan fingerprint density at radius 2 is 1.76 bits per heavy atom. The van der Waals surface area contributed by atoms with E-state index in [0.29, 0.717) is 31.9 Å². The van der Waals surface area contributed by atoms with Gasteiger partial charge in [0.15, 0.2) is 4.80 Å². The maximum Gasteiger partial charge on any atom is 0.338 e. The number of hydrogen-bond donors (Lipinski definition) is 0. The quantitative estimate of drug-likeness (QED) is 0.137. The first-order valence-electron chi connectivity index (χ1n) is 16.0. The third-order valence-electron chi connectivity index (χ3n) is 8.08. The highest BCUT2D eigenvalue weighted by atomic mass is 32.1. The molecule has 0 unspecified atom stereocenters. The molecule has 0 saturated heterocycles. The van der Waals surface area contributed by atoms with Gasteiger partial charge in [-0.3, -0.25) is 9.36 Å². The molecule has 3 heterocycles. The number of aryl methyl sites for hydroxylation is 1. The summed E-state index contributed by atoms with van der Waals surface area (Å²) in [6, 6.07) is 21.4. The van der Waals surface area contributed by atoms with E-state index in [4.69, 9.17) is 24.3 Å². The van der Waals surface area contributed by atoms with Crippen molar-refractivity contribution in [2.24, 2.45) is 4.99 Å². The number of benzene rings is 3. The van der Waals surface area contributed by atoms with E-state index in [-0.39, 0.29) is 23.8 Å². The van der Waals surface area contributed by atoms with Gasteiger partial charge < -0.3 is 14.2 Å². The number of aromatic nitrogens is 3. The summed E-state index contributed by atoms with van der Waals surface area (Å²) in [5.74, 6) is -0.324. The van der Waals surface area contributed by atoms with Crippen LogP contribution in [0.3, 0.4) is 0 Å². The molecule has 0 N–H and O–H groups in total. The fourth-order valence-corrected chi connectivity index (χ4v) is 6.82. The molecule has 1 atom stereocenters. The van der Waals surface area contributed by atoms with Gasteiger partial charge in [-0.15, -0.1) is 0 Å². The SMILES string of the molecule is C=CCOC(=O)C1=C(C)N=c2s/c(=C\c3cn(-c4ccccc4)nc3-c3ccc(OC(C)C)c(C)c3)c(=O)n2[C@H]1c1ccc(C(=O)OC)cc1. The predicted octanol–water partition coefficient (Wildman–Crippen LogP) is 5.70. The van der Waals surface area contributed by atoms with Crippen molar-refractivity contribution in [2.75, 3.05) is 13.7 Å². The van der Waals surface area contributed by atoms with Crippen molar-refractivity contribution in [3.05, 3.63) is 145 Å². The molecule has 3 aromatic carbocycles. The molecule has 2 aromatic heterocycles. The molecule has 254 valence electrons. The van der Waals surface area contributed by atoms with Crippen molar-refractivity contribution in [1.29, 1.82) is 0 Å². The lowest BCUT2D eigenvalue weighted by molar-refractivity contribution is -0.138. The third kappa shape index (κ3) is 6.72. The molecular weight excluding hydrogens is 653 g/mol. The van der Waals surface area contributed by atoms with Crippen LogP contribution in [0.1, 0.15) is 53.9 Å². The molecular formula is C39H36N4O6S. The van der Waals surface area contributed by atoms with Gasteiger partial charge in [0.25, 0.3) is 5.56 Å². The minimum Gasteiger partial charge on any atom is -0.491 e. The number of nitrogens with zero attached hydrogens (tertiary/aromatic N) is 4. The average molecular weight is 689 g/mol. The van der Waals surface area contributed by atoms with Gasteiger partial charge in [0.1, 0.15) is 18.1 Å². The van der Waals surface area contributed by atoms with Crippen LogP contribution in [-0.2, 0) is 14.3 Å². The van der Waals surface area contributed by atoms with Crippen LogP contribution in [0.5, 0.6) is 5.75 Å². The summed E-state index contributed by atoms with van der Waals surface area (Å²) in [6.07, 6.45) is 5.21. The Hall–Kier alpha value is -5.81. The van der Waals surface area contributed by atoms with Crippen LogP contribution in [0.2, 0.25) is 0 Å². The summed E-state index contributed by atoms with van der Waals surface area (Å²) in [5.41, 5.74) is 5.31. The number of rotatable bonds is 10. The molecule has 6 rings (SSSR count). The third-order valence-corrected chi connectivity index (χ3v) is 9.07. The average Bonchev–Trinajstić information content (AvgIpc) is 3.67. The van der Waals surface area contributed by atoms with E-state index in [1.54, 1.807) is 35.9 Å². The molecule has 0 spiro atoms. The van der Waals surface area contributed by atoms with Gasteiger partial charge in [0.2, 0.25) is 0 Å². The Kier molecular flexibility index (Phi) is 9.78. The number of carbonyl (C=O) groups is 2. The maximum absolute atomic E-state index is 14.4. The molecule has 0 fully saturated rings. The number of ether oxygens (including phenoxy) is 3. The number of fused-ring (bicyclic) bond motifs is 1. The summed E-state index contributed by atoms with van der Waals surface area (Å²) in [7, 11) is 1.31. The van der Waals surface area contributed by atoms with Gasteiger partial charge in [-0.2, -0.15) is 5.10 Å². The molecule has 1 aliphatic heterocycles. The van der Waals surface area contributed by atoms with Crippen LogP contribution >= 0.6 is 11.3 Å². The highest BCUT2D eigenvalue weighted by molar-refractivity contribution is 7.07. The molecule has 0 radical (unpaired) electrons. The van der Waals surface area contributed by atoms with Gasteiger partial charge in [-0.1, -0.05) is 54.3 Å². The summed E-state index contributed by atoms with van der Waals surface area (Å²) in [5, 5.41) is 4.96. The lowest BCUT2D eigenvalue weighted by atomic mass is 9.95. The van der Waals surface area contributed by atoms with Crippen molar-refractivity contribution in [1.82, 2.24) is 14.3 Å². The standard InChI is InChI=1S/C39H36N4O6S/c1-7-19-48-38(46)33-25(5)40-39-43(35(33)26-13-15-27(16-14-26)37(45)47-6)36(44)32(50-39)21-29-22-42(30-11-9-8-10-12-30)41-34(29)28-17-18-31(24(4)20-28)49-23(2)3/h7-18,20-23,35H,1,19H2,2-6H3/b32-21-/t35-/m0/s1. The Morgan fingerprint density at radius 1 is 1.02 bits per heavy atom. The van der Waals surface area contributed by atoms with E-state index in [2.05, 4.69) is 6.58 Å². The number of thiazole rings is 1. The van der Waals surface area contributed by atoms with E-state index in [1.165, 1.54) is 29.1 Å². The summed E-state index contributed by atoms with van der Waals surface area (Å²) in [4.78, 5) is 45.1. The number of esters is 2. The zero-order valence-corrected chi connectivity index (χ0v) is 29.2. The predicted molar refractivity (Wildman–Crippen MR) is 192 cm³/mol. The molecule has 5 aromatic rings. The maximum atomic E-state index is 14.4. The summed E-state index contributed by atoms with van der Waals surface area (Å²) < 4.78 is 20.0. The van der Waals surface area contributed by atoms with Crippen LogP contribution in [0.25, 0.3) is 23.0 Å². The van der Waals surface area contributed by atoms with Crippen LogP contribution in [0, 0.1) is 6.92 Å². The van der Waals surface area contributed by atoms with Crippen molar-refractivity contribution in [3.63, 3.8) is 0 Å². The fraction of sp³-hybridized carbons (Fsp3) is 0.205. The van der Waals surface area contributed by atoms with Gasteiger partial charge in [-0.05, 0) is 87.4 Å². The Morgan fingerprint density at radius 3 is 2.42 bits per heavy atom. The van der Waals surface area contributed by atoms with E-state index in [9.17, 15) is 14.4 Å². The van der Waals surface area contributed by atoms with Crippen molar-refractivity contribution in [2.45, 2.75) is 39.8 Å². The normalized spacial score (nSPS) is 14.3. The van der Waals surface area contributed by atoms with E-state index in [0.717, 1.165) is 28.1 Å². The monoisotopic (exact) mass is 688 g/mol. The Balaban J connectivity index is 1.53. The van der Waals surface area contributed by atoms with E-state index in [1.807, 2.05) is 81.6 Å². The van der Waals surface area contributed by atoms with Crippen molar-refractivity contribution < 1.29 is 23.8 Å². The van der Waals surface area contributed by atoms with Gasteiger partial charge in [0, 0.05) is 17.3 Å². The largest absolute Gasteiger partial charge is 0.491 e. The number of methoxy groups -OCH3 is 1. The lowest BCUT2D eigenvalue weighted by Crippen LogP contribution is -2.40.